The molecule has 1 amide bonds. The predicted octanol–water partition coefficient (Wildman–Crippen LogP) is 1.54. The smallest absolute Gasteiger partial charge is 0.253 e. The SMILES string of the molecule is CCOc1ccc(NC(=O)[C@@H]2CC[C@H](CN)O2)cc1OC. The van der Waals surface area contributed by atoms with E-state index < -0.39 is 6.10 Å². The van der Waals surface area contributed by atoms with Crippen LogP contribution in [-0.2, 0) is 9.53 Å². The van der Waals surface area contributed by atoms with Gasteiger partial charge in [0.1, 0.15) is 6.10 Å². The van der Waals surface area contributed by atoms with Crippen molar-refractivity contribution in [2.45, 2.75) is 32.0 Å². The summed E-state index contributed by atoms with van der Waals surface area (Å²) < 4.78 is 16.3. The van der Waals surface area contributed by atoms with Gasteiger partial charge in [-0.1, -0.05) is 0 Å². The van der Waals surface area contributed by atoms with Gasteiger partial charge in [-0.15, -0.1) is 0 Å². The highest BCUT2D eigenvalue weighted by Gasteiger charge is 2.29. The summed E-state index contributed by atoms with van der Waals surface area (Å²) in [6.07, 6.45) is 1.06. The van der Waals surface area contributed by atoms with Gasteiger partial charge in [-0.05, 0) is 31.9 Å². The van der Waals surface area contributed by atoms with Crippen molar-refractivity contribution in [2.24, 2.45) is 5.73 Å². The van der Waals surface area contributed by atoms with Crippen LogP contribution in [0.4, 0.5) is 5.69 Å². The lowest BCUT2D eigenvalue weighted by atomic mass is 10.2. The second kappa shape index (κ2) is 7.28. The van der Waals surface area contributed by atoms with E-state index >= 15 is 0 Å². The topological polar surface area (TPSA) is 82.8 Å². The van der Waals surface area contributed by atoms with E-state index in [1.807, 2.05) is 6.92 Å². The van der Waals surface area contributed by atoms with Gasteiger partial charge in [-0.2, -0.15) is 0 Å². The van der Waals surface area contributed by atoms with Gasteiger partial charge in [-0.25, -0.2) is 0 Å². The van der Waals surface area contributed by atoms with E-state index in [4.69, 9.17) is 19.9 Å². The number of amides is 1. The molecule has 1 aliphatic heterocycles. The quantitative estimate of drug-likeness (QED) is 0.831. The van der Waals surface area contributed by atoms with Crippen LogP contribution in [0.25, 0.3) is 0 Å². The molecule has 0 saturated carbocycles. The number of carbonyl (C=O) groups is 1. The maximum atomic E-state index is 12.1. The zero-order valence-corrected chi connectivity index (χ0v) is 12.4. The largest absolute Gasteiger partial charge is 0.493 e. The number of benzene rings is 1. The maximum Gasteiger partial charge on any atom is 0.253 e. The fourth-order valence-corrected chi connectivity index (χ4v) is 2.31. The summed E-state index contributed by atoms with van der Waals surface area (Å²) >= 11 is 0. The number of carbonyl (C=O) groups excluding carboxylic acids is 1. The summed E-state index contributed by atoms with van der Waals surface area (Å²) in [7, 11) is 1.56. The zero-order chi connectivity index (χ0) is 15.2. The first-order valence-electron chi connectivity index (χ1n) is 7.15. The standard InChI is InChI=1S/C15H22N2O4/c1-3-20-12-6-4-10(8-14(12)19-2)17-15(18)13-7-5-11(9-16)21-13/h4,6,8,11,13H,3,5,7,9,16H2,1-2H3,(H,17,18)/t11-,13+/m1/s1. The van der Waals surface area contributed by atoms with E-state index in [0.29, 0.717) is 36.8 Å². The fourth-order valence-electron chi connectivity index (χ4n) is 2.31. The van der Waals surface area contributed by atoms with E-state index in [9.17, 15) is 4.79 Å². The normalized spacial score (nSPS) is 21.1. The molecule has 0 radical (unpaired) electrons. The van der Waals surface area contributed by atoms with Crippen LogP contribution in [0.1, 0.15) is 19.8 Å². The molecule has 21 heavy (non-hydrogen) atoms. The molecule has 116 valence electrons. The molecule has 2 rings (SSSR count). The third kappa shape index (κ3) is 3.86. The van der Waals surface area contributed by atoms with E-state index in [0.717, 1.165) is 6.42 Å². The van der Waals surface area contributed by atoms with Crippen LogP contribution in [0.15, 0.2) is 18.2 Å². The van der Waals surface area contributed by atoms with Crippen molar-refractivity contribution in [3.8, 4) is 11.5 Å². The molecule has 1 aliphatic rings. The first-order chi connectivity index (χ1) is 10.2. The molecule has 1 fully saturated rings. The van der Waals surface area contributed by atoms with Crippen LogP contribution in [0.3, 0.4) is 0 Å². The van der Waals surface area contributed by atoms with E-state index in [1.165, 1.54) is 0 Å². The monoisotopic (exact) mass is 294 g/mol. The molecule has 1 aromatic carbocycles. The summed E-state index contributed by atoms with van der Waals surface area (Å²) in [5.41, 5.74) is 6.20. The lowest BCUT2D eigenvalue weighted by molar-refractivity contribution is -0.126. The van der Waals surface area contributed by atoms with Crippen LogP contribution in [-0.4, -0.2) is 38.4 Å². The van der Waals surface area contributed by atoms with E-state index in [2.05, 4.69) is 5.32 Å². The Morgan fingerprint density at radius 1 is 1.43 bits per heavy atom. The third-order valence-corrected chi connectivity index (χ3v) is 3.39. The van der Waals surface area contributed by atoms with Crippen molar-refractivity contribution >= 4 is 11.6 Å². The molecule has 2 atom stereocenters. The summed E-state index contributed by atoms with van der Waals surface area (Å²) in [5.74, 6) is 1.08. The van der Waals surface area contributed by atoms with Gasteiger partial charge in [0.05, 0.1) is 19.8 Å². The lowest BCUT2D eigenvalue weighted by Crippen LogP contribution is -2.29. The van der Waals surface area contributed by atoms with E-state index in [-0.39, 0.29) is 12.0 Å². The molecule has 6 nitrogen and oxygen atoms in total. The maximum absolute atomic E-state index is 12.1. The molecule has 0 bridgehead atoms. The minimum Gasteiger partial charge on any atom is -0.493 e. The van der Waals surface area contributed by atoms with Crippen LogP contribution in [0.2, 0.25) is 0 Å². The van der Waals surface area contributed by atoms with Gasteiger partial charge in [0.15, 0.2) is 11.5 Å². The Morgan fingerprint density at radius 3 is 2.86 bits per heavy atom. The molecule has 6 heteroatoms. The molecule has 0 unspecified atom stereocenters. The molecule has 0 aromatic heterocycles. The number of nitrogens with one attached hydrogen (secondary N) is 1. The highest BCUT2D eigenvalue weighted by Crippen LogP contribution is 2.30. The second-order valence-corrected chi connectivity index (χ2v) is 4.85. The molecule has 0 spiro atoms. The molecular formula is C15H22N2O4. The Labute approximate surface area is 124 Å². The van der Waals surface area contributed by atoms with Gasteiger partial charge in [-0.3, -0.25) is 4.79 Å². The van der Waals surface area contributed by atoms with Crippen molar-refractivity contribution in [1.82, 2.24) is 0 Å². The van der Waals surface area contributed by atoms with Crippen molar-refractivity contribution in [3.63, 3.8) is 0 Å². The van der Waals surface area contributed by atoms with Crippen molar-refractivity contribution in [3.05, 3.63) is 18.2 Å². The number of methoxy groups -OCH3 is 1. The second-order valence-electron chi connectivity index (χ2n) is 4.85. The Balaban J connectivity index is 2.01. The Hall–Kier alpha value is -1.79. The molecule has 1 aromatic rings. The highest BCUT2D eigenvalue weighted by atomic mass is 16.5. The number of rotatable bonds is 6. The summed E-state index contributed by atoms with van der Waals surface area (Å²) in [5, 5.41) is 2.83. The van der Waals surface area contributed by atoms with Crippen LogP contribution >= 0.6 is 0 Å². The number of hydrogen-bond donors (Lipinski definition) is 2. The van der Waals surface area contributed by atoms with Gasteiger partial charge in [0, 0.05) is 18.3 Å². The third-order valence-electron chi connectivity index (χ3n) is 3.39. The molecule has 3 N–H and O–H groups in total. The summed E-state index contributed by atoms with van der Waals surface area (Å²) in [6, 6.07) is 5.29. The number of ether oxygens (including phenoxy) is 3. The van der Waals surface area contributed by atoms with Crippen molar-refractivity contribution in [2.75, 3.05) is 25.6 Å². The van der Waals surface area contributed by atoms with Gasteiger partial charge in [0.25, 0.3) is 5.91 Å². The van der Waals surface area contributed by atoms with Crippen LogP contribution in [0, 0.1) is 0 Å². The lowest BCUT2D eigenvalue weighted by Gasteiger charge is -2.14. The van der Waals surface area contributed by atoms with Crippen LogP contribution in [0.5, 0.6) is 11.5 Å². The Bertz CT molecular complexity index is 493. The average molecular weight is 294 g/mol. The summed E-state index contributed by atoms with van der Waals surface area (Å²) in [6.45, 7) is 2.90. The molecule has 1 heterocycles. The van der Waals surface area contributed by atoms with E-state index in [1.54, 1.807) is 25.3 Å². The van der Waals surface area contributed by atoms with Crippen molar-refractivity contribution in [1.29, 1.82) is 0 Å². The highest BCUT2D eigenvalue weighted by molar-refractivity contribution is 5.94. The fraction of sp³-hybridized carbons (Fsp3) is 0.533. The predicted molar refractivity (Wildman–Crippen MR) is 79.7 cm³/mol. The van der Waals surface area contributed by atoms with Gasteiger partial charge < -0.3 is 25.3 Å². The minimum absolute atomic E-state index is 0.0179. The Morgan fingerprint density at radius 2 is 2.24 bits per heavy atom. The van der Waals surface area contributed by atoms with Crippen LogP contribution < -0.4 is 20.5 Å². The summed E-state index contributed by atoms with van der Waals surface area (Å²) in [4.78, 5) is 12.1. The zero-order valence-electron chi connectivity index (χ0n) is 12.4. The molecule has 1 saturated heterocycles. The molecule has 0 aliphatic carbocycles. The molecular weight excluding hydrogens is 272 g/mol. The minimum atomic E-state index is -0.434. The average Bonchev–Trinajstić information content (AvgIpc) is 2.98. The number of nitrogens with two attached hydrogens (primary N) is 1. The van der Waals surface area contributed by atoms with Gasteiger partial charge >= 0.3 is 0 Å². The first-order valence-corrected chi connectivity index (χ1v) is 7.15. The number of anilines is 1. The first kappa shape index (κ1) is 15.6. The Kier molecular flexibility index (Phi) is 5.41. The van der Waals surface area contributed by atoms with Crippen molar-refractivity contribution < 1.29 is 19.0 Å². The van der Waals surface area contributed by atoms with Gasteiger partial charge in [0.2, 0.25) is 0 Å². The number of hydrogen-bond acceptors (Lipinski definition) is 5.